The van der Waals surface area contributed by atoms with Crippen LogP contribution in [0.3, 0.4) is 0 Å². The number of hydrogen-bond acceptors (Lipinski definition) is 2. The van der Waals surface area contributed by atoms with Crippen LogP contribution in [0.5, 0.6) is 0 Å². The van der Waals surface area contributed by atoms with Crippen molar-refractivity contribution >= 4 is 5.91 Å². The Morgan fingerprint density at radius 1 is 1.29 bits per heavy atom. The van der Waals surface area contributed by atoms with Gasteiger partial charge in [-0.2, -0.15) is 0 Å². The number of aryl methyl sites for hydroxylation is 1. The average molecular weight is 232 g/mol. The smallest absolute Gasteiger partial charge is 0.222 e. The van der Waals surface area contributed by atoms with Crippen LogP contribution >= 0.6 is 0 Å². The number of amides is 1. The van der Waals surface area contributed by atoms with Crippen molar-refractivity contribution in [2.75, 3.05) is 14.1 Å². The zero-order chi connectivity index (χ0) is 12.5. The minimum atomic E-state index is -0.0576. The van der Waals surface area contributed by atoms with E-state index in [0.717, 1.165) is 19.3 Å². The van der Waals surface area contributed by atoms with E-state index >= 15 is 0 Å². The Hall–Kier alpha value is -1.35. The van der Waals surface area contributed by atoms with Gasteiger partial charge < -0.3 is 10.6 Å². The Balaban J connectivity index is 1.92. The topological polar surface area (TPSA) is 46.3 Å². The van der Waals surface area contributed by atoms with E-state index in [4.69, 9.17) is 5.73 Å². The summed E-state index contributed by atoms with van der Waals surface area (Å²) in [4.78, 5) is 13.1. The maximum absolute atomic E-state index is 11.5. The fourth-order valence-electron chi connectivity index (χ4n) is 1.90. The van der Waals surface area contributed by atoms with Crippen molar-refractivity contribution in [3.63, 3.8) is 0 Å². The molecule has 0 unspecified atom stereocenters. The Labute approximate surface area is 103 Å². The van der Waals surface area contributed by atoms with Crippen LogP contribution in [0.2, 0.25) is 0 Å². The van der Waals surface area contributed by atoms with Gasteiger partial charge in [-0.05, 0) is 30.4 Å². The molecule has 0 spiro atoms. The molecule has 1 aliphatic carbocycles. The van der Waals surface area contributed by atoms with Crippen molar-refractivity contribution in [3.05, 3.63) is 35.4 Å². The molecule has 0 atom stereocenters. The molecule has 1 aromatic rings. The molecular formula is C14H20N2O. The van der Waals surface area contributed by atoms with Crippen molar-refractivity contribution in [1.82, 2.24) is 4.90 Å². The van der Waals surface area contributed by atoms with Gasteiger partial charge in [-0.15, -0.1) is 0 Å². The van der Waals surface area contributed by atoms with E-state index in [1.54, 1.807) is 19.0 Å². The molecule has 0 saturated heterocycles. The maximum atomic E-state index is 11.5. The van der Waals surface area contributed by atoms with E-state index in [1.165, 1.54) is 11.1 Å². The molecule has 1 fully saturated rings. The minimum absolute atomic E-state index is 0.0576. The zero-order valence-corrected chi connectivity index (χ0v) is 10.6. The molecule has 3 nitrogen and oxygen atoms in total. The molecule has 0 aliphatic heterocycles. The monoisotopic (exact) mass is 232 g/mol. The van der Waals surface area contributed by atoms with Crippen LogP contribution in [-0.4, -0.2) is 24.9 Å². The van der Waals surface area contributed by atoms with Gasteiger partial charge in [0.15, 0.2) is 0 Å². The van der Waals surface area contributed by atoms with Crippen LogP contribution in [0, 0.1) is 0 Å². The molecule has 0 bridgehead atoms. The first kappa shape index (κ1) is 12.1. The number of rotatable bonds is 4. The SMILES string of the molecule is CN(C)C(=O)CCc1ccc(C2(N)CC2)cc1. The summed E-state index contributed by atoms with van der Waals surface area (Å²) in [6.45, 7) is 0. The molecular weight excluding hydrogens is 212 g/mol. The lowest BCUT2D eigenvalue weighted by molar-refractivity contribution is -0.128. The quantitative estimate of drug-likeness (QED) is 0.858. The van der Waals surface area contributed by atoms with Crippen LogP contribution in [-0.2, 0) is 16.8 Å². The second kappa shape index (κ2) is 4.49. The highest BCUT2D eigenvalue weighted by atomic mass is 16.2. The first-order valence-electron chi connectivity index (χ1n) is 6.10. The van der Waals surface area contributed by atoms with Gasteiger partial charge in [0.2, 0.25) is 5.91 Å². The summed E-state index contributed by atoms with van der Waals surface area (Å²) in [5.74, 6) is 0.173. The molecule has 3 heteroatoms. The van der Waals surface area contributed by atoms with Gasteiger partial charge in [0.25, 0.3) is 0 Å². The largest absolute Gasteiger partial charge is 0.349 e. The normalized spacial score (nSPS) is 16.6. The molecule has 0 heterocycles. The van der Waals surface area contributed by atoms with E-state index in [2.05, 4.69) is 24.3 Å². The third-order valence-corrected chi connectivity index (χ3v) is 3.44. The lowest BCUT2D eigenvalue weighted by Crippen LogP contribution is -2.21. The minimum Gasteiger partial charge on any atom is -0.349 e. The Morgan fingerprint density at radius 3 is 2.35 bits per heavy atom. The van der Waals surface area contributed by atoms with E-state index in [-0.39, 0.29) is 11.4 Å². The average Bonchev–Trinajstić information content (AvgIpc) is 3.06. The number of carbonyl (C=O) groups excluding carboxylic acids is 1. The second-order valence-electron chi connectivity index (χ2n) is 5.14. The number of benzene rings is 1. The van der Waals surface area contributed by atoms with E-state index in [9.17, 15) is 4.79 Å². The summed E-state index contributed by atoms with van der Waals surface area (Å²) in [5.41, 5.74) is 8.49. The molecule has 1 aromatic carbocycles. The van der Waals surface area contributed by atoms with Gasteiger partial charge in [0, 0.05) is 26.1 Å². The summed E-state index contributed by atoms with van der Waals surface area (Å²) >= 11 is 0. The molecule has 2 rings (SSSR count). The Bertz CT molecular complexity index is 405. The Kier molecular flexibility index (Phi) is 3.20. The van der Waals surface area contributed by atoms with Crippen molar-refractivity contribution in [2.45, 2.75) is 31.2 Å². The fraction of sp³-hybridized carbons (Fsp3) is 0.500. The van der Waals surface area contributed by atoms with E-state index in [0.29, 0.717) is 6.42 Å². The first-order valence-corrected chi connectivity index (χ1v) is 6.10. The van der Waals surface area contributed by atoms with Crippen molar-refractivity contribution < 1.29 is 4.79 Å². The first-order chi connectivity index (χ1) is 8.01. The van der Waals surface area contributed by atoms with Crippen LogP contribution in [0.15, 0.2) is 24.3 Å². The molecule has 1 amide bonds. The third kappa shape index (κ3) is 2.86. The predicted molar refractivity (Wildman–Crippen MR) is 68.6 cm³/mol. The number of hydrogen-bond donors (Lipinski definition) is 1. The van der Waals surface area contributed by atoms with E-state index in [1.807, 2.05) is 0 Å². The highest BCUT2D eigenvalue weighted by Crippen LogP contribution is 2.42. The van der Waals surface area contributed by atoms with Gasteiger partial charge in [-0.1, -0.05) is 24.3 Å². The highest BCUT2D eigenvalue weighted by molar-refractivity contribution is 5.75. The molecule has 92 valence electrons. The molecule has 17 heavy (non-hydrogen) atoms. The number of nitrogens with zero attached hydrogens (tertiary/aromatic N) is 1. The molecule has 0 radical (unpaired) electrons. The van der Waals surface area contributed by atoms with Gasteiger partial charge in [-0.25, -0.2) is 0 Å². The standard InChI is InChI=1S/C14H20N2O/c1-16(2)13(17)8-5-11-3-6-12(7-4-11)14(15)9-10-14/h3-4,6-7H,5,8-10,15H2,1-2H3. The maximum Gasteiger partial charge on any atom is 0.222 e. The van der Waals surface area contributed by atoms with Gasteiger partial charge in [0.05, 0.1) is 0 Å². The summed E-state index contributed by atoms with van der Waals surface area (Å²) < 4.78 is 0. The number of nitrogens with two attached hydrogens (primary N) is 1. The fourth-order valence-corrected chi connectivity index (χ4v) is 1.90. The van der Waals surface area contributed by atoms with Crippen molar-refractivity contribution in [2.24, 2.45) is 5.73 Å². The van der Waals surface area contributed by atoms with Gasteiger partial charge >= 0.3 is 0 Å². The third-order valence-electron chi connectivity index (χ3n) is 3.44. The van der Waals surface area contributed by atoms with Crippen LogP contribution < -0.4 is 5.73 Å². The highest BCUT2D eigenvalue weighted by Gasteiger charge is 2.39. The molecule has 1 aliphatic rings. The lowest BCUT2D eigenvalue weighted by Gasteiger charge is -2.11. The molecule has 2 N–H and O–H groups in total. The molecule has 0 aromatic heterocycles. The van der Waals surface area contributed by atoms with Crippen LogP contribution in [0.4, 0.5) is 0 Å². The van der Waals surface area contributed by atoms with Crippen molar-refractivity contribution in [1.29, 1.82) is 0 Å². The number of carbonyl (C=O) groups is 1. The van der Waals surface area contributed by atoms with Gasteiger partial charge in [0.1, 0.15) is 0 Å². The predicted octanol–water partition coefficient (Wildman–Crippen LogP) is 1.66. The summed E-state index contributed by atoms with van der Waals surface area (Å²) in [7, 11) is 3.58. The van der Waals surface area contributed by atoms with Crippen LogP contribution in [0.25, 0.3) is 0 Å². The van der Waals surface area contributed by atoms with Gasteiger partial charge in [-0.3, -0.25) is 4.79 Å². The Morgan fingerprint density at radius 2 is 1.88 bits per heavy atom. The summed E-state index contributed by atoms with van der Waals surface area (Å²) in [5, 5.41) is 0. The second-order valence-corrected chi connectivity index (χ2v) is 5.14. The van der Waals surface area contributed by atoms with E-state index < -0.39 is 0 Å². The zero-order valence-electron chi connectivity index (χ0n) is 10.6. The lowest BCUT2D eigenvalue weighted by atomic mass is 10.0. The molecule has 1 saturated carbocycles. The summed E-state index contributed by atoms with van der Waals surface area (Å²) in [6.07, 6.45) is 3.55. The summed E-state index contributed by atoms with van der Waals surface area (Å²) in [6, 6.07) is 8.38. The van der Waals surface area contributed by atoms with Crippen molar-refractivity contribution in [3.8, 4) is 0 Å². The van der Waals surface area contributed by atoms with Crippen LogP contribution in [0.1, 0.15) is 30.4 Å².